The lowest BCUT2D eigenvalue weighted by Crippen LogP contribution is -2.41. The summed E-state index contributed by atoms with van der Waals surface area (Å²) in [5.74, 6) is -0.149. The SMILES string of the molecule is N#Cc1ccc(Cn2cncc2CCC(=O)N[C@@H]2CCN(Cc3ccccc3)C2=O)cc1. The monoisotopic (exact) mass is 427 g/mol. The van der Waals surface area contributed by atoms with E-state index >= 15 is 0 Å². The third-order valence-corrected chi connectivity index (χ3v) is 5.69. The lowest BCUT2D eigenvalue weighted by Gasteiger charge is -2.17. The van der Waals surface area contributed by atoms with Crippen LogP contribution in [0.4, 0.5) is 0 Å². The van der Waals surface area contributed by atoms with Crippen LogP contribution in [0, 0.1) is 11.3 Å². The number of aryl methyl sites for hydroxylation is 1. The minimum atomic E-state index is -0.449. The van der Waals surface area contributed by atoms with Crippen LogP contribution < -0.4 is 5.32 Å². The maximum atomic E-state index is 12.7. The predicted octanol–water partition coefficient (Wildman–Crippen LogP) is 2.65. The second-order valence-electron chi connectivity index (χ2n) is 7.98. The molecule has 0 unspecified atom stereocenters. The molecule has 1 aromatic heterocycles. The van der Waals surface area contributed by atoms with Crippen molar-refractivity contribution >= 4 is 11.8 Å². The summed E-state index contributed by atoms with van der Waals surface area (Å²) in [5.41, 5.74) is 3.72. The minimum absolute atomic E-state index is 0.0203. The van der Waals surface area contributed by atoms with Gasteiger partial charge in [-0.2, -0.15) is 5.26 Å². The van der Waals surface area contributed by atoms with Crippen molar-refractivity contribution in [2.45, 2.75) is 38.4 Å². The summed E-state index contributed by atoms with van der Waals surface area (Å²) in [5, 5.41) is 11.8. The fraction of sp³-hybridized carbons (Fsp3) is 0.280. The molecule has 4 rings (SSSR count). The van der Waals surface area contributed by atoms with Crippen molar-refractivity contribution < 1.29 is 9.59 Å². The molecule has 32 heavy (non-hydrogen) atoms. The Morgan fingerprint density at radius 3 is 2.59 bits per heavy atom. The Kier molecular flexibility index (Phi) is 6.61. The molecule has 2 amide bonds. The fourth-order valence-corrected chi connectivity index (χ4v) is 3.92. The maximum absolute atomic E-state index is 12.7. The van der Waals surface area contributed by atoms with Gasteiger partial charge in [0, 0.05) is 37.9 Å². The molecule has 7 nitrogen and oxygen atoms in total. The van der Waals surface area contributed by atoms with E-state index in [1.54, 1.807) is 29.6 Å². The summed E-state index contributed by atoms with van der Waals surface area (Å²) in [6, 6.07) is 19.0. The van der Waals surface area contributed by atoms with Crippen molar-refractivity contribution in [3.8, 4) is 6.07 Å². The number of likely N-dealkylation sites (tertiary alicyclic amines) is 1. The molecule has 0 aliphatic carbocycles. The topological polar surface area (TPSA) is 91.0 Å². The van der Waals surface area contributed by atoms with Crippen molar-refractivity contribution in [2.75, 3.05) is 6.54 Å². The van der Waals surface area contributed by atoms with Crippen molar-refractivity contribution in [1.29, 1.82) is 5.26 Å². The molecule has 3 aromatic rings. The number of benzene rings is 2. The molecule has 1 aliphatic rings. The Hall–Kier alpha value is -3.92. The van der Waals surface area contributed by atoms with E-state index in [4.69, 9.17) is 5.26 Å². The first-order valence-corrected chi connectivity index (χ1v) is 10.7. The highest BCUT2D eigenvalue weighted by atomic mass is 16.2. The first-order chi connectivity index (χ1) is 15.6. The Morgan fingerprint density at radius 2 is 1.84 bits per heavy atom. The highest BCUT2D eigenvalue weighted by Crippen LogP contribution is 2.16. The second kappa shape index (κ2) is 9.92. The highest BCUT2D eigenvalue weighted by Gasteiger charge is 2.32. The van der Waals surface area contributed by atoms with Gasteiger partial charge in [-0.1, -0.05) is 42.5 Å². The zero-order valence-corrected chi connectivity index (χ0v) is 17.8. The van der Waals surface area contributed by atoms with E-state index in [2.05, 4.69) is 16.4 Å². The number of imidazole rings is 1. The van der Waals surface area contributed by atoms with Crippen molar-refractivity contribution in [3.05, 3.63) is 89.5 Å². The van der Waals surface area contributed by atoms with Crippen LogP contribution in [0.25, 0.3) is 0 Å². The third kappa shape index (κ3) is 5.22. The Bertz CT molecular complexity index is 1120. The maximum Gasteiger partial charge on any atom is 0.245 e. The van der Waals surface area contributed by atoms with E-state index in [0.717, 1.165) is 16.8 Å². The third-order valence-electron chi connectivity index (χ3n) is 5.69. The average Bonchev–Trinajstić information content (AvgIpc) is 3.40. The predicted molar refractivity (Wildman–Crippen MR) is 119 cm³/mol. The fourth-order valence-electron chi connectivity index (χ4n) is 3.92. The van der Waals surface area contributed by atoms with E-state index in [1.807, 2.05) is 47.0 Å². The Labute approximate surface area is 187 Å². The number of hydrogen-bond donors (Lipinski definition) is 1. The van der Waals surface area contributed by atoms with Gasteiger partial charge in [0.05, 0.1) is 18.0 Å². The van der Waals surface area contributed by atoms with E-state index in [-0.39, 0.29) is 11.8 Å². The van der Waals surface area contributed by atoms with Crippen LogP contribution >= 0.6 is 0 Å². The number of nitrogens with one attached hydrogen (secondary N) is 1. The van der Waals surface area contributed by atoms with Gasteiger partial charge >= 0.3 is 0 Å². The first-order valence-electron chi connectivity index (χ1n) is 10.7. The van der Waals surface area contributed by atoms with Gasteiger partial charge in [0.25, 0.3) is 0 Å². The zero-order chi connectivity index (χ0) is 22.3. The summed E-state index contributed by atoms with van der Waals surface area (Å²) >= 11 is 0. The Balaban J connectivity index is 1.27. The molecule has 1 aliphatic heterocycles. The number of carbonyl (C=O) groups is 2. The van der Waals surface area contributed by atoms with E-state index in [9.17, 15) is 9.59 Å². The number of carbonyl (C=O) groups excluding carboxylic acids is 2. The number of aromatic nitrogens is 2. The summed E-state index contributed by atoms with van der Waals surface area (Å²) < 4.78 is 2.00. The van der Waals surface area contributed by atoms with Crippen molar-refractivity contribution in [1.82, 2.24) is 19.8 Å². The first kappa shape index (κ1) is 21.3. The largest absolute Gasteiger partial charge is 0.344 e. The van der Waals surface area contributed by atoms with Gasteiger partial charge in [0.2, 0.25) is 11.8 Å². The number of nitrogens with zero attached hydrogens (tertiary/aromatic N) is 4. The summed E-state index contributed by atoms with van der Waals surface area (Å²) in [7, 11) is 0. The standard InChI is InChI=1S/C25H25N5O2/c26-14-19-6-8-21(9-7-19)17-30-18-27-15-22(30)10-11-24(31)28-23-12-13-29(25(23)32)16-20-4-2-1-3-5-20/h1-9,15,18,23H,10-13,16-17H2,(H,28,31)/t23-/m1/s1. The number of nitriles is 1. The Morgan fingerprint density at radius 1 is 1.09 bits per heavy atom. The quantitative estimate of drug-likeness (QED) is 0.598. The van der Waals surface area contributed by atoms with Gasteiger partial charge in [-0.3, -0.25) is 9.59 Å². The molecule has 0 bridgehead atoms. The normalized spacial score (nSPS) is 15.5. The number of hydrogen-bond acceptors (Lipinski definition) is 4. The zero-order valence-electron chi connectivity index (χ0n) is 17.8. The van der Waals surface area contributed by atoms with Crippen molar-refractivity contribution in [3.63, 3.8) is 0 Å². The summed E-state index contributed by atoms with van der Waals surface area (Å²) in [4.78, 5) is 31.2. The number of amides is 2. The van der Waals surface area contributed by atoms with Crippen LogP contribution in [0.5, 0.6) is 0 Å². The molecule has 2 heterocycles. The summed E-state index contributed by atoms with van der Waals surface area (Å²) in [6.45, 7) is 1.84. The number of rotatable bonds is 8. The molecule has 2 aromatic carbocycles. The lowest BCUT2D eigenvalue weighted by atomic mass is 10.1. The minimum Gasteiger partial charge on any atom is -0.344 e. The summed E-state index contributed by atoms with van der Waals surface area (Å²) in [6.07, 6.45) is 4.97. The smallest absolute Gasteiger partial charge is 0.245 e. The highest BCUT2D eigenvalue weighted by molar-refractivity contribution is 5.89. The van der Waals surface area contributed by atoms with Crippen LogP contribution in [0.1, 0.15) is 35.2 Å². The molecule has 1 atom stereocenters. The molecule has 1 saturated heterocycles. The molecular formula is C25H25N5O2. The molecular weight excluding hydrogens is 402 g/mol. The van der Waals surface area contributed by atoms with Crippen LogP contribution in [0.3, 0.4) is 0 Å². The molecule has 1 N–H and O–H groups in total. The van der Waals surface area contributed by atoms with E-state index < -0.39 is 6.04 Å². The second-order valence-corrected chi connectivity index (χ2v) is 7.98. The molecule has 0 saturated carbocycles. The van der Waals surface area contributed by atoms with Crippen LogP contribution in [-0.4, -0.2) is 38.9 Å². The molecule has 7 heteroatoms. The van der Waals surface area contributed by atoms with Gasteiger partial charge in [0.1, 0.15) is 6.04 Å². The average molecular weight is 428 g/mol. The van der Waals surface area contributed by atoms with Gasteiger partial charge in [-0.05, 0) is 36.1 Å². The van der Waals surface area contributed by atoms with Gasteiger partial charge in [-0.15, -0.1) is 0 Å². The van der Waals surface area contributed by atoms with Gasteiger partial charge < -0.3 is 14.8 Å². The lowest BCUT2D eigenvalue weighted by molar-refractivity contribution is -0.133. The molecule has 0 radical (unpaired) electrons. The molecule has 162 valence electrons. The molecule has 0 spiro atoms. The van der Waals surface area contributed by atoms with Crippen LogP contribution in [0.15, 0.2) is 67.1 Å². The van der Waals surface area contributed by atoms with Crippen LogP contribution in [0.2, 0.25) is 0 Å². The van der Waals surface area contributed by atoms with Gasteiger partial charge in [0.15, 0.2) is 0 Å². The van der Waals surface area contributed by atoms with Crippen molar-refractivity contribution in [2.24, 2.45) is 0 Å². The van der Waals surface area contributed by atoms with Crippen LogP contribution in [-0.2, 0) is 29.1 Å². The molecule has 1 fully saturated rings. The van der Waals surface area contributed by atoms with E-state index in [0.29, 0.717) is 44.5 Å². The van der Waals surface area contributed by atoms with E-state index in [1.165, 1.54) is 0 Å². The van der Waals surface area contributed by atoms with Gasteiger partial charge in [-0.25, -0.2) is 4.98 Å².